The summed E-state index contributed by atoms with van der Waals surface area (Å²) in [6.45, 7) is 0. The minimum atomic E-state index is -0.406. The topological polar surface area (TPSA) is 23.5 Å². The number of rotatable bonds is 3. The SMILES string of the molecule is CN(C)c1ccc(C(O)CBr)cc1. The van der Waals surface area contributed by atoms with Crippen molar-refractivity contribution in [1.29, 1.82) is 0 Å². The zero-order chi connectivity index (χ0) is 9.84. The van der Waals surface area contributed by atoms with Gasteiger partial charge in [0, 0.05) is 25.1 Å². The fraction of sp³-hybridized carbons (Fsp3) is 0.400. The third kappa shape index (κ3) is 2.71. The second-order valence-corrected chi connectivity index (χ2v) is 3.80. The van der Waals surface area contributed by atoms with Crippen molar-refractivity contribution in [3.63, 3.8) is 0 Å². The molecule has 1 aromatic rings. The van der Waals surface area contributed by atoms with Crippen molar-refractivity contribution >= 4 is 21.6 Å². The number of halogens is 1. The van der Waals surface area contributed by atoms with E-state index in [0.29, 0.717) is 5.33 Å². The molecule has 0 saturated carbocycles. The van der Waals surface area contributed by atoms with E-state index in [0.717, 1.165) is 11.3 Å². The molecule has 0 radical (unpaired) electrons. The molecule has 0 bridgehead atoms. The van der Waals surface area contributed by atoms with Crippen molar-refractivity contribution in [3.05, 3.63) is 29.8 Å². The van der Waals surface area contributed by atoms with Crippen LogP contribution < -0.4 is 4.90 Å². The summed E-state index contributed by atoms with van der Waals surface area (Å²) in [7, 11) is 3.99. The van der Waals surface area contributed by atoms with Crippen LogP contribution in [0.3, 0.4) is 0 Å². The summed E-state index contributed by atoms with van der Waals surface area (Å²) in [5.74, 6) is 0. The van der Waals surface area contributed by atoms with Gasteiger partial charge < -0.3 is 10.0 Å². The minimum Gasteiger partial charge on any atom is -0.388 e. The molecule has 0 saturated heterocycles. The summed E-state index contributed by atoms with van der Waals surface area (Å²) in [5.41, 5.74) is 2.09. The van der Waals surface area contributed by atoms with Crippen molar-refractivity contribution in [1.82, 2.24) is 0 Å². The number of aliphatic hydroxyl groups excluding tert-OH is 1. The van der Waals surface area contributed by atoms with Gasteiger partial charge in [-0.1, -0.05) is 28.1 Å². The highest BCUT2D eigenvalue weighted by molar-refractivity contribution is 9.09. The van der Waals surface area contributed by atoms with Crippen LogP contribution in [0.15, 0.2) is 24.3 Å². The van der Waals surface area contributed by atoms with Crippen molar-refractivity contribution < 1.29 is 5.11 Å². The molecule has 13 heavy (non-hydrogen) atoms. The van der Waals surface area contributed by atoms with E-state index in [1.165, 1.54) is 0 Å². The van der Waals surface area contributed by atoms with Crippen molar-refractivity contribution in [2.45, 2.75) is 6.10 Å². The van der Waals surface area contributed by atoms with Gasteiger partial charge in [-0.05, 0) is 17.7 Å². The predicted molar refractivity (Wildman–Crippen MR) is 59.5 cm³/mol. The van der Waals surface area contributed by atoms with Crippen LogP contribution in [0.1, 0.15) is 11.7 Å². The van der Waals surface area contributed by atoms with Gasteiger partial charge in [0.05, 0.1) is 6.10 Å². The van der Waals surface area contributed by atoms with E-state index in [-0.39, 0.29) is 0 Å². The van der Waals surface area contributed by atoms with Gasteiger partial charge in [-0.3, -0.25) is 0 Å². The van der Waals surface area contributed by atoms with E-state index in [2.05, 4.69) is 15.9 Å². The molecule has 0 aliphatic heterocycles. The molecule has 1 unspecified atom stereocenters. The zero-order valence-electron chi connectivity index (χ0n) is 7.87. The third-order valence-corrected chi connectivity index (χ3v) is 2.55. The van der Waals surface area contributed by atoms with Gasteiger partial charge in [0.2, 0.25) is 0 Å². The quantitative estimate of drug-likeness (QED) is 0.824. The maximum Gasteiger partial charge on any atom is 0.0886 e. The first kappa shape index (κ1) is 10.5. The van der Waals surface area contributed by atoms with Crippen molar-refractivity contribution in [2.24, 2.45) is 0 Å². The molecule has 1 atom stereocenters. The van der Waals surface area contributed by atoms with E-state index in [9.17, 15) is 5.11 Å². The number of anilines is 1. The predicted octanol–water partition coefficient (Wildman–Crippen LogP) is 2.18. The van der Waals surface area contributed by atoms with Gasteiger partial charge in [0.15, 0.2) is 0 Å². The zero-order valence-corrected chi connectivity index (χ0v) is 9.45. The highest BCUT2D eigenvalue weighted by Crippen LogP contribution is 2.18. The summed E-state index contributed by atoms with van der Waals surface area (Å²) < 4.78 is 0. The van der Waals surface area contributed by atoms with Gasteiger partial charge >= 0.3 is 0 Å². The summed E-state index contributed by atoms with van der Waals surface area (Å²) in [5, 5.41) is 10.1. The molecule has 1 N–H and O–H groups in total. The molecule has 1 rings (SSSR count). The van der Waals surface area contributed by atoms with Gasteiger partial charge in [0.1, 0.15) is 0 Å². The molecule has 72 valence electrons. The number of hydrogen-bond acceptors (Lipinski definition) is 2. The smallest absolute Gasteiger partial charge is 0.0886 e. The molecule has 0 aliphatic rings. The molecular weight excluding hydrogens is 230 g/mol. The number of nitrogens with zero attached hydrogens (tertiary/aromatic N) is 1. The highest BCUT2D eigenvalue weighted by Gasteiger charge is 2.04. The number of alkyl halides is 1. The Kier molecular flexibility index (Phi) is 3.75. The van der Waals surface area contributed by atoms with Crippen molar-refractivity contribution in [3.8, 4) is 0 Å². The molecule has 0 heterocycles. The molecule has 0 aliphatic carbocycles. The molecule has 3 heteroatoms. The molecule has 0 spiro atoms. The second kappa shape index (κ2) is 4.63. The lowest BCUT2D eigenvalue weighted by molar-refractivity contribution is 0.205. The fourth-order valence-electron chi connectivity index (χ4n) is 1.08. The Bertz CT molecular complexity index is 258. The summed E-state index contributed by atoms with van der Waals surface area (Å²) in [6, 6.07) is 7.89. The van der Waals surface area contributed by atoms with E-state index in [4.69, 9.17) is 0 Å². The van der Waals surface area contributed by atoms with E-state index < -0.39 is 6.10 Å². The minimum absolute atomic E-state index is 0.406. The third-order valence-electron chi connectivity index (χ3n) is 1.94. The van der Waals surface area contributed by atoms with Crippen LogP contribution in [0.5, 0.6) is 0 Å². The van der Waals surface area contributed by atoms with E-state index in [1.807, 2.05) is 43.3 Å². The van der Waals surface area contributed by atoms with Gasteiger partial charge in [-0.2, -0.15) is 0 Å². The van der Waals surface area contributed by atoms with Gasteiger partial charge in [0.25, 0.3) is 0 Å². The molecule has 0 aromatic heterocycles. The molecule has 0 amide bonds. The van der Waals surface area contributed by atoms with Crippen LogP contribution in [-0.4, -0.2) is 24.5 Å². The average molecular weight is 244 g/mol. The molecule has 1 aromatic carbocycles. The Morgan fingerprint density at radius 1 is 1.31 bits per heavy atom. The average Bonchev–Trinajstić information content (AvgIpc) is 2.17. The maximum atomic E-state index is 9.50. The number of aliphatic hydroxyl groups is 1. The normalized spacial score (nSPS) is 12.6. The Labute approximate surface area is 87.3 Å². The van der Waals surface area contributed by atoms with Crippen LogP contribution in [0.25, 0.3) is 0 Å². The molecule has 2 nitrogen and oxygen atoms in total. The Balaban J connectivity index is 2.81. The molecular formula is C10H14BrNO. The Morgan fingerprint density at radius 2 is 1.85 bits per heavy atom. The second-order valence-electron chi connectivity index (χ2n) is 3.16. The Hall–Kier alpha value is -0.540. The monoisotopic (exact) mass is 243 g/mol. The summed E-state index contributed by atoms with van der Waals surface area (Å²) >= 11 is 3.24. The summed E-state index contributed by atoms with van der Waals surface area (Å²) in [6.07, 6.45) is -0.406. The van der Waals surface area contributed by atoms with Crippen LogP contribution >= 0.6 is 15.9 Å². The van der Waals surface area contributed by atoms with Crippen LogP contribution in [0.4, 0.5) is 5.69 Å². The van der Waals surface area contributed by atoms with Crippen LogP contribution in [-0.2, 0) is 0 Å². The standard InChI is InChI=1S/C10H14BrNO/c1-12(2)9-5-3-8(4-6-9)10(13)7-11/h3-6,10,13H,7H2,1-2H3. The lowest BCUT2D eigenvalue weighted by Gasteiger charge is -2.13. The maximum absolute atomic E-state index is 9.50. The lowest BCUT2D eigenvalue weighted by Crippen LogP contribution is -2.08. The van der Waals surface area contributed by atoms with Crippen LogP contribution in [0, 0.1) is 0 Å². The fourth-order valence-corrected chi connectivity index (χ4v) is 1.46. The van der Waals surface area contributed by atoms with Gasteiger partial charge in [-0.25, -0.2) is 0 Å². The van der Waals surface area contributed by atoms with E-state index in [1.54, 1.807) is 0 Å². The Morgan fingerprint density at radius 3 is 2.23 bits per heavy atom. The highest BCUT2D eigenvalue weighted by atomic mass is 79.9. The number of hydrogen-bond donors (Lipinski definition) is 1. The number of benzene rings is 1. The van der Waals surface area contributed by atoms with Crippen molar-refractivity contribution in [2.75, 3.05) is 24.3 Å². The first-order valence-electron chi connectivity index (χ1n) is 4.16. The largest absolute Gasteiger partial charge is 0.388 e. The molecule has 0 fully saturated rings. The van der Waals surface area contributed by atoms with Gasteiger partial charge in [-0.15, -0.1) is 0 Å². The van der Waals surface area contributed by atoms with Crippen LogP contribution in [0.2, 0.25) is 0 Å². The first-order valence-corrected chi connectivity index (χ1v) is 5.28. The first-order chi connectivity index (χ1) is 6.15. The van der Waals surface area contributed by atoms with E-state index >= 15 is 0 Å². The lowest BCUT2D eigenvalue weighted by atomic mass is 10.1. The summed E-state index contributed by atoms with van der Waals surface area (Å²) in [4.78, 5) is 2.03.